The highest BCUT2D eigenvalue weighted by molar-refractivity contribution is 8.00. The monoisotopic (exact) mass is 394 g/mol. The average Bonchev–Trinajstić information content (AvgIpc) is 3.08. The maximum Gasteiger partial charge on any atom is 0.249 e. The van der Waals surface area contributed by atoms with Gasteiger partial charge in [0.1, 0.15) is 0 Å². The van der Waals surface area contributed by atoms with E-state index in [4.69, 9.17) is 0 Å². The lowest BCUT2D eigenvalue weighted by Crippen LogP contribution is -2.15. The summed E-state index contributed by atoms with van der Waals surface area (Å²) in [5.41, 5.74) is 2.81. The van der Waals surface area contributed by atoms with E-state index in [9.17, 15) is 9.18 Å². The van der Waals surface area contributed by atoms with E-state index in [1.54, 1.807) is 42.2 Å². The number of anilines is 1. The summed E-state index contributed by atoms with van der Waals surface area (Å²) in [6.07, 6.45) is 5.13. The largest absolute Gasteiger partial charge is 0.292 e. The van der Waals surface area contributed by atoms with E-state index in [0.29, 0.717) is 11.3 Å². The van der Waals surface area contributed by atoms with Crippen molar-refractivity contribution in [2.45, 2.75) is 11.8 Å². The zero-order chi connectivity index (χ0) is 19.5. The smallest absolute Gasteiger partial charge is 0.249 e. The highest BCUT2D eigenvalue weighted by Crippen LogP contribution is 2.23. The Bertz CT molecular complexity index is 1150. The predicted octanol–water partition coefficient (Wildman–Crippen LogP) is 3.36. The minimum Gasteiger partial charge on any atom is -0.292 e. The van der Waals surface area contributed by atoms with Gasteiger partial charge >= 0.3 is 0 Å². The van der Waals surface area contributed by atoms with E-state index in [0.717, 1.165) is 16.0 Å². The third kappa shape index (κ3) is 3.99. The number of thioether (sulfide) groups is 1. The van der Waals surface area contributed by atoms with Gasteiger partial charge in [-0.3, -0.25) is 15.1 Å². The van der Waals surface area contributed by atoms with Gasteiger partial charge in [-0.1, -0.05) is 0 Å². The van der Waals surface area contributed by atoms with Crippen molar-refractivity contribution in [3.8, 4) is 11.1 Å². The van der Waals surface area contributed by atoms with Gasteiger partial charge in [-0.2, -0.15) is 9.37 Å². The van der Waals surface area contributed by atoms with Crippen LogP contribution in [0.4, 0.5) is 10.3 Å². The average molecular weight is 394 g/mol. The standard InChI is InChI=1S/C19H15FN6OS/c1-12-15(3-4-16(20)22-12)13-2-5-17-23-19(25-26(17)10-13)24-18(27)11-28-14-6-8-21-9-7-14/h2-10H,11H2,1H3,(H,24,25,27). The zero-order valence-corrected chi connectivity index (χ0v) is 15.7. The Hall–Kier alpha value is -3.33. The van der Waals surface area contributed by atoms with Gasteiger partial charge in [0.2, 0.25) is 17.8 Å². The first-order valence-electron chi connectivity index (χ1n) is 8.41. The molecule has 140 valence electrons. The molecule has 4 heterocycles. The Labute approximate surface area is 164 Å². The minimum absolute atomic E-state index is 0.198. The second-order valence-corrected chi connectivity index (χ2v) is 6.99. The number of nitrogens with zero attached hydrogens (tertiary/aromatic N) is 5. The van der Waals surface area contributed by atoms with Crippen molar-refractivity contribution in [1.82, 2.24) is 24.6 Å². The lowest BCUT2D eigenvalue weighted by Gasteiger charge is -2.05. The Morgan fingerprint density at radius 2 is 1.96 bits per heavy atom. The Balaban J connectivity index is 1.49. The normalized spacial score (nSPS) is 10.9. The van der Waals surface area contributed by atoms with E-state index in [1.807, 2.05) is 18.2 Å². The van der Waals surface area contributed by atoms with Crippen LogP contribution in [-0.4, -0.2) is 36.2 Å². The number of rotatable bonds is 5. The summed E-state index contributed by atoms with van der Waals surface area (Å²) in [6.45, 7) is 1.75. The molecule has 7 nitrogen and oxygen atoms in total. The zero-order valence-electron chi connectivity index (χ0n) is 14.8. The van der Waals surface area contributed by atoms with Gasteiger partial charge in [-0.15, -0.1) is 16.9 Å². The maximum absolute atomic E-state index is 13.2. The lowest BCUT2D eigenvalue weighted by molar-refractivity contribution is -0.113. The van der Waals surface area contributed by atoms with Crippen molar-refractivity contribution >= 4 is 29.3 Å². The highest BCUT2D eigenvalue weighted by atomic mass is 32.2. The molecule has 0 radical (unpaired) electrons. The molecule has 1 amide bonds. The number of nitrogens with one attached hydrogen (secondary N) is 1. The van der Waals surface area contributed by atoms with E-state index < -0.39 is 5.95 Å². The fourth-order valence-electron chi connectivity index (χ4n) is 2.68. The number of carbonyl (C=O) groups excluding carboxylic acids is 1. The Morgan fingerprint density at radius 1 is 1.14 bits per heavy atom. The van der Waals surface area contributed by atoms with Crippen LogP contribution in [0.25, 0.3) is 16.8 Å². The second-order valence-electron chi connectivity index (χ2n) is 5.94. The SMILES string of the molecule is Cc1nc(F)ccc1-c1ccc2nc(NC(=O)CSc3ccncc3)nn2c1. The predicted molar refractivity (Wildman–Crippen MR) is 105 cm³/mol. The molecule has 4 aromatic heterocycles. The Morgan fingerprint density at radius 3 is 2.75 bits per heavy atom. The van der Waals surface area contributed by atoms with Gasteiger partial charge in [-0.05, 0) is 43.3 Å². The molecule has 0 aromatic carbocycles. The number of halogens is 1. The van der Waals surface area contributed by atoms with Crippen LogP contribution >= 0.6 is 11.8 Å². The van der Waals surface area contributed by atoms with Crippen molar-refractivity contribution in [2.75, 3.05) is 11.1 Å². The van der Waals surface area contributed by atoms with Crippen molar-refractivity contribution in [3.05, 3.63) is 66.6 Å². The van der Waals surface area contributed by atoms with Gasteiger partial charge in [-0.25, -0.2) is 9.50 Å². The summed E-state index contributed by atoms with van der Waals surface area (Å²) in [6, 6.07) is 10.3. The molecule has 9 heteroatoms. The number of hydrogen-bond acceptors (Lipinski definition) is 6. The first kappa shape index (κ1) is 18.1. The number of hydrogen-bond donors (Lipinski definition) is 1. The van der Waals surface area contributed by atoms with Gasteiger partial charge in [0.05, 0.1) is 5.75 Å². The molecule has 0 saturated heterocycles. The summed E-state index contributed by atoms with van der Waals surface area (Å²) in [5.74, 6) is -0.244. The Kier molecular flexibility index (Phi) is 4.98. The van der Waals surface area contributed by atoms with E-state index in [-0.39, 0.29) is 17.6 Å². The number of aryl methyl sites for hydroxylation is 1. The number of amides is 1. The van der Waals surface area contributed by atoms with Gasteiger partial charge in [0, 0.05) is 40.3 Å². The van der Waals surface area contributed by atoms with Crippen LogP contribution in [0.2, 0.25) is 0 Å². The van der Waals surface area contributed by atoms with Crippen molar-refractivity contribution < 1.29 is 9.18 Å². The first-order chi connectivity index (χ1) is 13.6. The summed E-state index contributed by atoms with van der Waals surface area (Å²) in [5, 5.41) is 7.00. The molecule has 0 aliphatic carbocycles. The highest BCUT2D eigenvalue weighted by Gasteiger charge is 2.11. The van der Waals surface area contributed by atoms with Crippen molar-refractivity contribution in [1.29, 1.82) is 0 Å². The number of aromatic nitrogens is 5. The molecule has 1 N–H and O–H groups in total. The van der Waals surface area contributed by atoms with Crippen LogP contribution in [0.1, 0.15) is 5.69 Å². The summed E-state index contributed by atoms with van der Waals surface area (Å²) in [4.78, 5) is 25.2. The van der Waals surface area contributed by atoms with E-state index in [2.05, 4.69) is 25.4 Å². The number of carbonyl (C=O) groups is 1. The fourth-order valence-corrected chi connectivity index (χ4v) is 3.36. The van der Waals surface area contributed by atoms with Gasteiger partial charge in [0.15, 0.2) is 5.65 Å². The lowest BCUT2D eigenvalue weighted by atomic mass is 10.1. The van der Waals surface area contributed by atoms with Crippen molar-refractivity contribution in [2.24, 2.45) is 0 Å². The molecule has 4 rings (SSSR count). The molecule has 0 fully saturated rings. The van der Waals surface area contributed by atoms with Crippen LogP contribution in [-0.2, 0) is 4.79 Å². The molecule has 0 aliphatic rings. The fraction of sp³-hybridized carbons (Fsp3) is 0.105. The molecule has 28 heavy (non-hydrogen) atoms. The molecular weight excluding hydrogens is 379 g/mol. The molecule has 0 spiro atoms. The van der Waals surface area contributed by atoms with Gasteiger partial charge < -0.3 is 0 Å². The van der Waals surface area contributed by atoms with Crippen LogP contribution in [0, 0.1) is 12.9 Å². The molecule has 0 aliphatic heterocycles. The maximum atomic E-state index is 13.2. The first-order valence-corrected chi connectivity index (χ1v) is 9.40. The summed E-state index contributed by atoms with van der Waals surface area (Å²) >= 11 is 1.41. The third-order valence-corrected chi connectivity index (χ3v) is 4.98. The van der Waals surface area contributed by atoms with Crippen LogP contribution in [0.3, 0.4) is 0 Å². The molecular formula is C19H15FN6OS. The molecule has 0 saturated carbocycles. The molecule has 0 unspecified atom stereocenters. The summed E-state index contributed by atoms with van der Waals surface area (Å²) < 4.78 is 14.8. The molecule has 0 atom stereocenters. The van der Waals surface area contributed by atoms with E-state index in [1.165, 1.54) is 17.8 Å². The molecule has 0 bridgehead atoms. The third-order valence-electron chi connectivity index (χ3n) is 3.96. The van der Waals surface area contributed by atoms with Crippen LogP contribution in [0.5, 0.6) is 0 Å². The summed E-state index contributed by atoms with van der Waals surface area (Å²) in [7, 11) is 0. The van der Waals surface area contributed by atoms with Crippen molar-refractivity contribution in [3.63, 3.8) is 0 Å². The second kappa shape index (κ2) is 7.73. The van der Waals surface area contributed by atoms with Crippen LogP contribution < -0.4 is 5.32 Å². The van der Waals surface area contributed by atoms with Crippen LogP contribution in [0.15, 0.2) is 59.9 Å². The number of pyridine rings is 3. The quantitative estimate of drug-likeness (QED) is 0.413. The van der Waals surface area contributed by atoms with E-state index >= 15 is 0 Å². The number of fused-ring (bicyclic) bond motifs is 1. The molecule has 4 aromatic rings. The topological polar surface area (TPSA) is 85.1 Å². The minimum atomic E-state index is -0.516. The van der Waals surface area contributed by atoms with Gasteiger partial charge in [0.25, 0.3) is 0 Å².